The van der Waals surface area contributed by atoms with Gasteiger partial charge >= 0.3 is 0 Å². The van der Waals surface area contributed by atoms with Crippen molar-refractivity contribution in [2.45, 2.75) is 39.3 Å². The van der Waals surface area contributed by atoms with Gasteiger partial charge in [-0.2, -0.15) is 0 Å². The standard InChI is InChI=1S/C20H27N3O2S/c1-14(11-17-7-5-15(2)26-17)23-20(21-3)22-13-16-6-8-18-19(12-16)25-10-4-9-24-18/h5-8,12,14H,4,9-11,13H2,1-3H3,(H2,21,22,23). The molecule has 0 spiro atoms. The summed E-state index contributed by atoms with van der Waals surface area (Å²) in [6.45, 7) is 6.41. The molecular formula is C20H27N3O2S. The van der Waals surface area contributed by atoms with Gasteiger partial charge in [-0.1, -0.05) is 6.07 Å². The van der Waals surface area contributed by atoms with Gasteiger partial charge < -0.3 is 20.1 Å². The summed E-state index contributed by atoms with van der Waals surface area (Å²) in [7, 11) is 1.80. The number of nitrogens with zero attached hydrogens (tertiary/aromatic N) is 1. The lowest BCUT2D eigenvalue weighted by molar-refractivity contribution is 0.297. The number of fused-ring (bicyclic) bond motifs is 1. The Morgan fingerprint density at radius 2 is 2.00 bits per heavy atom. The van der Waals surface area contributed by atoms with E-state index in [-0.39, 0.29) is 0 Å². The van der Waals surface area contributed by atoms with Crippen LogP contribution in [0.2, 0.25) is 0 Å². The zero-order valence-corrected chi connectivity index (χ0v) is 16.5. The molecule has 1 aliphatic heterocycles. The second-order valence-electron chi connectivity index (χ2n) is 6.52. The molecular weight excluding hydrogens is 346 g/mol. The molecule has 1 aliphatic rings. The summed E-state index contributed by atoms with van der Waals surface area (Å²) < 4.78 is 11.4. The Hall–Kier alpha value is -2.21. The van der Waals surface area contributed by atoms with Crippen molar-refractivity contribution in [1.29, 1.82) is 0 Å². The van der Waals surface area contributed by atoms with Gasteiger partial charge in [0.2, 0.25) is 0 Å². The van der Waals surface area contributed by atoms with Crippen molar-refractivity contribution in [3.8, 4) is 11.5 Å². The van der Waals surface area contributed by atoms with Crippen LogP contribution < -0.4 is 20.1 Å². The van der Waals surface area contributed by atoms with Crippen molar-refractivity contribution in [1.82, 2.24) is 10.6 Å². The van der Waals surface area contributed by atoms with Gasteiger partial charge in [-0.3, -0.25) is 4.99 Å². The number of nitrogens with one attached hydrogen (secondary N) is 2. The summed E-state index contributed by atoms with van der Waals surface area (Å²) in [5, 5.41) is 6.83. The van der Waals surface area contributed by atoms with Crippen LogP contribution in [-0.4, -0.2) is 32.3 Å². The van der Waals surface area contributed by atoms with Crippen molar-refractivity contribution in [2.24, 2.45) is 4.99 Å². The van der Waals surface area contributed by atoms with Crippen LogP contribution >= 0.6 is 11.3 Å². The van der Waals surface area contributed by atoms with Gasteiger partial charge in [-0.15, -0.1) is 11.3 Å². The molecule has 1 unspecified atom stereocenters. The molecule has 0 bridgehead atoms. The zero-order valence-electron chi connectivity index (χ0n) is 15.7. The van der Waals surface area contributed by atoms with Gasteiger partial charge in [0.15, 0.2) is 17.5 Å². The first-order chi connectivity index (χ1) is 12.6. The van der Waals surface area contributed by atoms with Crippen molar-refractivity contribution in [3.63, 3.8) is 0 Å². The number of guanidine groups is 1. The lowest BCUT2D eigenvalue weighted by Crippen LogP contribution is -2.42. The van der Waals surface area contributed by atoms with Crippen LogP contribution in [0, 0.1) is 6.92 Å². The number of aryl methyl sites for hydroxylation is 1. The largest absolute Gasteiger partial charge is 0.490 e. The molecule has 0 fully saturated rings. The van der Waals surface area contributed by atoms with Gasteiger partial charge in [0.1, 0.15) is 0 Å². The predicted octanol–water partition coefficient (Wildman–Crippen LogP) is 3.51. The van der Waals surface area contributed by atoms with Crippen LogP contribution in [0.15, 0.2) is 35.3 Å². The molecule has 2 heterocycles. The number of rotatable bonds is 5. The fourth-order valence-corrected chi connectivity index (χ4v) is 3.90. The molecule has 140 valence electrons. The van der Waals surface area contributed by atoms with E-state index in [1.165, 1.54) is 9.75 Å². The van der Waals surface area contributed by atoms with Crippen molar-refractivity contribution < 1.29 is 9.47 Å². The molecule has 0 radical (unpaired) electrons. The fourth-order valence-electron chi connectivity index (χ4n) is 2.88. The quantitative estimate of drug-likeness (QED) is 0.622. The second-order valence-corrected chi connectivity index (χ2v) is 7.89. The Balaban J connectivity index is 1.53. The molecule has 1 atom stereocenters. The summed E-state index contributed by atoms with van der Waals surface area (Å²) in [4.78, 5) is 7.08. The van der Waals surface area contributed by atoms with E-state index in [1.54, 1.807) is 7.05 Å². The number of thiophene rings is 1. The molecule has 26 heavy (non-hydrogen) atoms. The maximum atomic E-state index is 5.76. The van der Waals surface area contributed by atoms with E-state index in [4.69, 9.17) is 9.47 Å². The van der Waals surface area contributed by atoms with Crippen LogP contribution in [0.1, 0.15) is 28.7 Å². The van der Waals surface area contributed by atoms with Crippen LogP contribution in [0.4, 0.5) is 0 Å². The minimum absolute atomic E-state index is 0.308. The molecule has 1 aromatic heterocycles. The van der Waals surface area contributed by atoms with Crippen molar-refractivity contribution >= 4 is 17.3 Å². The highest BCUT2D eigenvalue weighted by molar-refractivity contribution is 7.11. The molecule has 1 aromatic carbocycles. The average molecular weight is 374 g/mol. The highest BCUT2D eigenvalue weighted by Gasteiger charge is 2.11. The number of ether oxygens (including phenoxy) is 2. The first kappa shape index (κ1) is 18.6. The third-order valence-electron chi connectivity index (χ3n) is 4.18. The lowest BCUT2D eigenvalue weighted by atomic mass is 10.2. The fraction of sp³-hybridized carbons (Fsp3) is 0.450. The smallest absolute Gasteiger partial charge is 0.191 e. The van der Waals surface area contributed by atoms with Crippen LogP contribution in [0.5, 0.6) is 11.5 Å². The first-order valence-corrected chi connectivity index (χ1v) is 9.86. The van der Waals surface area contributed by atoms with E-state index in [0.717, 1.165) is 35.9 Å². The third-order valence-corrected chi connectivity index (χ3v) is 5.20. The van der Waals surface area contributed by atoms with Crippen molar-refractivity contribution in [3.05, 3.63) is 45.6 Å². The van der Waals surface area contributed by atoms with Gasteiger partial charge in [0.05, 0.1) is 13.2 Å². The average Bonchev–Trinajstić information content (AvgIpc) is 2.90. The molecule has 0 saturated carbocycles. The Bertz CT molecular complexity index is 757. The van der Waals surface area contributed by atoms with Gasteiger partial charge in [-0.05, 0) is 43.7 Å². The van der Waals surface area contributed by atoms with Crippen molar-refractivity contribution in [2.75, 3.05) is 20.3 Å². The predicted molar refractivity (Wildman–Crippen MR) is 108 cm³/mol. The molecule has 0 aliphatic carbocycles. The summed E-state index contributed by atoms with van der Waals surface area (Å²) in [5.74, 6) is 2.46. The summed E-state index contributed by atoms with van der Waals surface area (Å²) in [6, 6.07) is 10.8. The highest BCUT2D eigenvalue weighted by Crippen LogP contribution is 2.30. The Morgan fingerprint density at radius 3 is 2.73 bits per heavy atom. The SMILES string of the molecule is CN=C(NCc1ccc2c(c1)OCCCO2)NC(C)Cc1ccc(C)s1. The number of benzene rings is 1. The molecule has 0 saturated heterocycles. The monoisotopic (exact) mass is 373 g/mol. The van der Waals surface area contributed by atoms with Crippen LogP contribution in [0.25, 0.3) is 0 Å². The molecule has 0 amide bonds. The Kier molecular flexibility index (Phi) is 6.39. The molecule has 6 heteroatoms. The molecule has 2 aromatic rings. The normalized spacial score (nSPS) is 15.3. The van der Waals surface area contributed by atoms with Gasteiger partial charge in [-0.25, -0.2) is 0 Å². The minimum Gasteiger partial charge on any atom is -0.490 e. The van der Waals surface area contributed by atoms with Crippen LogP contribution in [0.3, 0.4) is 0 Å². The van der Waals surface area contributed by atoms with E-state index < -0.39 is 0 Å². The highest BCUT2D eigenvalue weighted by atomic mass is 32.1. The van der Waals surface area contributed by atoms with Crippen LogP contribution in [-0.2, 0) is 13.0 Å². The summed E-state index contributed by atoms with van der Waals surface area (Å²) in [5.41, 5.74) is 1.14. The number of hydrogen-bond donors (Lipinski definition) is 2. The summed E-state index contributed by atoms with van der Waals surface area (Å²) in [6.07, 6.45) is 1.91. The van der Waals surface area contributed by atoms with Gasteiger partial charge in [0.25, 0.3) is 0 Å². The molecule has 3 rings (SSSR count). The maximum Gasteiger partial charge on any atom is 0.191 e. The third kappa shape index (κ3) is 5.14. The molecule has 2 N–H and O–H groups in total. The maximum absolute atomic E-state index is 5.76. The Morgan fingerprint density at radius 1 is 1.19 bits per heavy atom. The minimum atomic E-state index is 0.308. The number of hydrogen-bond acceptors (Lipinski definition) is 4. The first-order valence-electron chi connectivity index (χ1n) is 9.05. The van der Waals surface area contributed by atoms with E-state index >= 15 is 0 Å². The summed E-state index contributed by atoms with van der Waals surface area (Å²) >= 11 is 1.85. The Labute approximate surface area is 159 Å². The van der Waals surface area contributed by atoms with E-state index in [0.29, 0.717) is 25.8 Å². The topological polar surface area (TPSA) is 54.9 Å². The number of aliphatic imine (C=N–C) groups is 1. The van der Waals surface area contributed by atoms with E-state index in [9.17, 15) is 0 Å². The second kappa shape index (κ2) is 8.94. The molecule has 5 nitrogen and oxygen atoms in total. The zero-order chi connectivity index (χ0) is 18.4. The van der Waals surface area contributed by atoms with E-state index in [1.807, 2.05) is 23.5 Å². The van der Waals surface area contributed by atoms with E-state index in [2.05, 4.69) is 47.7 Å². The van der Waals surface area contributed by atoms with Gasteiger partial charge in [0, 0.05) is 42.2 Å². The lowest BCUT2D eigenvalue weighted by Gasteiger charge is -2.18.